The molecular formula is C16H24N4O. The highest BCUT2D eigenvalue weighted by Crippen LogP contribution is 2.19. The highest BCUT2D eigenvalue weighted by molar-refractivity contribution is 5.92. The maximum absolute atomic E-state index is 12.4. The van der Waals surface area contributed by atoms with Gasteiger partial charge in [0.15, 0.2) is 11.5 Å². The van der Waals surface area contributed by atoms with E-state index in [0.29, 0.717) is 5.69 Å². The van der Waals surface area contributed by atoms with Gasteiger partial charge in [-0.05, 0) is 50.2 Å². The maximum atomic E-state index is 12.4. The third kappa shape index (κ3) is 3.34. The van der Waals surface area contributed by atoms with Gasteiger partial charge in [0, 0.05) is 26.2 Å². The fourth-order valence-electron chi connectivity index (χ4n) is 3.10. The molecule has 5 heteroatoms. The van der Waals surface area contributed by atoms with Crippen molar-refractivity contribution in [2.24, 2.45) is 5.92 Å². The molecular weight excluding hydrogens is 264 g/mol. The van der Waals surface area contributed by atoms with E-state index in [0.717, 1.165) is 50.8 Å². The lowest BCUT2D eigenvalue weighted by molar-refractivity contribution is 0.0690. The predicted octanol–water partition coefficient (Wildman–Crippen LogP) is 2.34. The Balaban J connectivity index is 1.64. The van der Waals surface area contributed by atoms with Crippen LogP contribution in [0.4, 0.5) is 5.82 Å². The smallest absolute Gasteiger partial charge is 0.274 e. The van der Waals surface area contributed by atoms with E-state index in [9.17, 15) is 4.79 Å². The van der Waals surface area contributed by atoms with E-state index in [1.165, 1.54) is 19.3 Å². The number of amides is 1. The highest BCUT2D eigenvalue weighted by atomic mass is 16.2. The van der Waals surface area contributed by atoms with Crippen molar-refractivity contribution in [1.29, 1.82) is 0 Å². The van der Waals surface area contributed by atoms with Crippen molar-refractivity contribution in [3.63, 3.8) is 0 Å². The fourth-order valence-corrected chi connectivity index (χ4v) is 3.10. The molecule has 0 N–H and O–H groups in total. The van der Waals surface area contributed by atoms with Gasteiger partial charge in [-0.1, -0.05) is 6.92 Å². The third-order valence-corrected chi connectivity index (χ3v) is 4.62. The Bertz CT molecular complexity index is 474. The lowest BCUT2D eigenvalue weighted by Crippen LogP contribution is -2.38. The molecule has 0 atom stereocenters. The molecule has 0 spiro atoms. The van der Waals surface area contributed by atoms with Crippen molar-refractivity contribution < 1.29 is 4.79 Å². The minimum Gasteiger partial charge on any atom is -0.355 e. The van der Waals surface area contributed by atoms with Gasteiger partial charge in [0.05, 0.1) is 0 Å². The van der Waals surface area contributed by atoms with Crippen LogP contribution in [0.25, 0.3) is 0 Å². The number of hydrogen-bond donors (Lipinski definition) is 0. The molecule has 2 fully saturated rings. The Morgan fingerprint density at radius 3 is 2.38 bits per heavy atom. The van der Waals surface area contributed by atoms with Crippen LogP contribution in [0.2, 0.25) is 0 Å². The molecule has 0 radical (unpaired) electrons. The summed E-state index contributed by atoms with van der Waals surface area (Å²) in [5.74, 6) is 1.65. The van der Waals surface area contributed by atoms with Crippen LogP contribution >= 0.6 is 0 Å². The predicted molar refractivity (Wildman–Crippen MR) is 82.4 cm³/mol. The summed E-state index contributed by atoms with van der Waals surface area (Å²) < 4.78 is 0. The van der Waals surface area contributed by atoms with Gasteiger partial charge in [0.1, 0.15) is 0 Å². The van der Waals surface area contributed by atoms with E-state index in [2.05, 4.69) is 22.0 Å². The minimum atomic E-state index is 0.0274. The van der Waals surface area contributed by atoms with Gasteiger partial charge < -0.3 is 9.80 Å². The molecule has 1 aromatic rings. The second-order valence-electron chi connectivity index (χ2n) is 6.30. The summed E-state index contributed by atoms with van der Waals surface area (Å²) in [4.78, 5) is 16.6. The third-order valence-electron chi connectivity index (χ3n) is 4.62. The Kier molecular flexibility index (Phi) is 4.36. The van der Waals surface area contributed by atoms with Crippen molar-refractivity contribution in [2.75, 3.05) is 31.1 Å². The standard InChI is InChI=1S/C16H24N4O/c1-13-7-11-20(12-8-13)16(21)14-5-6-15(18-17-14)19-9-3-2-4-10-19/h5-6,13H,2-4,7-12H2,1H3. The van der Waals surface area contributed by atoms with Gasteiger partial charge in [0.25, 0.3) is 5.91 Å². The van der Waals surface area contributed by atoms with Crippen LogP contribution in [-0.4, -0.2) is 47.2 Å². The summed E-state index contributed by atoms with van der Waals surface area (Å²) in [5, 5.41) is 8.43. The van der Waals surface area contributed by atoms with E-state index in [4.69, 9.17) is 0 Å². The number of piperidine rings is 2. The molecule has 21 heavy (non-hydrogen) atoms. The molecule has 0 aliphatic carbocycles. The monoisotopic (exact) mass is 288 g/mol. The van der Waals surface area contributed by atoms with Crippen LogP contribution < -0.4 is 4.90 Å². The largest absolute Gasteiger partial charge is 0.355 e. The van der Waals surface area contributed by atoms with E-state index in [1.807, 2.05) is 17.0 Å². The van der Waals surface area contributed by atoms with Crippen LogP contribution in [0.15, 0.2) is 12.1 Å². The van der Waals surface area contributed by atoms with Crippen LogP contribution in [-0.2, 0) is 0 Å². The molecule has 5 nitrogen and oxygen atoms in total. The summed E-state index contributed by atoms with van der Waals surface area (Å²) in [6.07, 6.45) is 5.91. The average Bonchev–Trinajstić information content (AvgIpc) is 2.56. The molecule has 3 heterocycles. The zero-order valence-corrected chi connectivity index (χ0v) is 12.8. The number of carbonyl (C=O) groups excluding carboxylic acids is 1. The zero-order chi connectivity index (χ0) is 14.7. The SMILES string of the molecule is CC1CCN(C(=O)c2ccc(N3CCCCC3)nn2)CC1. The number of carbonyl (C=O) groups is 1. The van der Waals surface area contributed by atoms with Gasteiger partial charge >= 0.3 is 0 Å². The van der Waals surface area contributed by atoms with Crippen LogP contribution in [0.3, 0.4) is 0 Å². The van der Waals surface area contributed by atoms with Gasteiger partial charge in [0.2, 0.25) is 0 Å². The Morgan fingerprint density at radius 2 is 1.76 bits per heavy atom. The molecule has 0 saturated carbocycles. The van der Waals surface area contributed by atoms with E-state index in [1.54, 1.807) is 0 Å². The number of likely N-dealkylation sites (tertiary alicyclic amines) is 1. The summed E-state index contributed by atoms with van der Waals surface area (Å²) in [6, 6.07) is 3.77. The Hall–Kier alpha value is -1.65. The number of anilines is 1. The lowest BCUT2D eigenvalue weighted by atomic mass is 9.99. The van der Waals surface area contributed by atoms with Gasteiger partial charge in [-0.25, -0.2) is 0 Å². The Morgan fingerprint density at radius 1 is 1.05 bits per heavy atom. The van der Waals surface area contributed by atoms with Crippen molar-refractivity contribution in [1.82, 2.24) is 15.1 Å². The molecule has 1 aromatic heterocycles. The number of nitrogens with zero attached hydrogens (tertiary/aromatic N) is 4. The molecule has 0 aromatic carbocycles. The fraction of sp³-hybridized carbons (Fsp3) is 0.688. The van der Waals surface area contributed by atoms with Crippen molar-refractivity contribution in [2.45, 2.75) is 39.0 Å². The first-order valence-corrected chi connectivity index (χ1v) is 8.12. The molecule has 1 amide bonds. The number of rotatable bonds is 2. The molecule has 2 aliphatic heterocycles. The molecule has 0 bridgehead atoms. The van der Waals surface area contributed by atoms with Crippen molar-refractivity contribution in [3.05, 3.63) is 17.8 Å². The van der Waals surface area contributed by atoms with Crippen molar-refractivity contribution in [3.8, 4) is 0 Å². The lowest BCUT2D eigenvalue weighted by Gasteiger charge is -2.30. The summed E-state index contributed by atoms with van der Waals surface area (Å²) in [7, 11) is 0. The van der Waals surface area contributed by atoms with Crippen molar-refractivity contribution >= 4 is 11.7 Å². The van der Waals surface area contributed by atoms with E-state index >= 15 is 0 Å². The van der Waals surface area contributed by atoms with E-state index in [-0.39, 0.29) is 5.91 Å². The summed E-state index contributed by atoms with van der Waals surface area (Å²) >= 11 is 0. The topological polar surface area (TPSA) is 49.3 Å². The second-order valence-corrected chi connectivity index (χ2v) is 6.30. The van der Waals surface area contributed by atoms with Gasteiger partial charge in [-0.2, -0.15) is 0 Å². The molecule has 0 unspecified atom stereocenters. The van der Waals surface area contributed by atoms with Gasteiger partial charge in [-0.3, -0.25) is 4.79 Å². The quantitative estimate of drug-likeness (QED) is 0.838. The summed E-state index contributed by atoms with van der Waals surface area (Å²) in [5.41, 5.74) is 0.477. The van der Waals surface area contributed by atoms with E-state index < -0.39 is 0 Å². The normalized spacial score (nSPS) is 20.6. The first-order valence-electron chi connectivity index (χ1n) is 8.12. The summed E-state index contributed by atoms with van der Waals surface area (Å²) in [6.45, 7) is 6.03. The number of hydrogen-bond acceptors (Lipinski definition) is 4. The molecule has 2 aliphatic rings. The van der Waals surface area contributed by atoms with Crippen LogP contribution in [0.5, 0.6) is 0 Å². The zero-order valence-electron chi connectivity index (χ0n) is 12.8. The molecule has 2 saturated heterocycles. The minimum absolute atomic E-state index is 0.0274. The highest BCUT2D eigenvalue weighted by Gasteiger charge is 2.23. The number of aromatic nitrogens is 2. The molecule has 3 rings (SSSR count). The Labute approximate surface area is 126 Å². The second kappa shape index (κ2) is 6.41. The average molecular weight is 288 g/mol. The van der Waals surface area contributed by atoms with Crippen LogP contribution in [0.1, 0.15) is 49.5 Å². The van der Waals surface area contributed by atoms with Gasteiger partial charge in [-0.15, -0.1) is 10.2 Å². The molecule has 114 valence electrons. The first-order chi connectivity index (χ1) is 10.2. The maximum Gasteiger partial charge on any atom is 0.274 e. The first kappa shape index (κ1) is 14.3. The van der Waals surface area contributed by atoms with Crippen LogP contribution in [0, 0.1) is 5.92 Å².